The molecule has 1 saturated heterocycles. The zero-order chi connectivity index (χ0) is 18.9. The van der Waals surface area contributed by atoms with Crippen LogP contribution in [0.5, 0.6) is 0 Å². The first kappa shape index (κ1) is 17.9. The molecule has 6 nitrogen and oxygen atoms in total. The molecule has 27 heavy (non-hydrogen) atoms. The normalized spacial score (nSPS) is 20.8. The van der Waals surface area contributed by atoms with E-state index < -0.39 is 10.0 Å². The van der Waals surface area contributed by atoms with Gasteiger partial charge in [0.05, 0.1) is 11.1 Å². The summed E-state index contributed by atoms with van der Waals surface area (Å²) < 4.78 is 33.6. The van der Waals surface area contributed by atoms with Crippen LogP contribution in [0.1, 0.15) is 11.5 Å². The Kier molecular flexibility index (Phi) is 4.82. The molecule has 0 aliphatic carbocycles. The predicted octanol–water partition coefficient (Wildman–Crippen LogP) is 2.70. The molecule has 0 saturated carbocycles. The third-order valence-electron chi connectivity index (χ3n) is 5.15. The monoisotopic (exact) mass is 383 g/mol. The van der Waals surface area contributed by atoms with Crippen molar-refractivity contribution in [2.24, 2.45) is 11.7 Å². The second-order valence-electron chi connectivity index (χ2n) is 6.71. The highest BCUT2D eigenvalue weighted by Crippen LogP contribution is 2.37. The van der Waals surface area contributed by atoms with Gasteiger partial charge in [-0.1, -0.05) is 47.6 Å². The number of benzene rings is 2. The van der Waals surface area contributed by atoms with Gasteiger partial charge < -0.3 is 10.3 Å². The zero-order valence-corrected chi connectivity index (χ0v) is 15.5. The fourth-order valence-electron chi connectivity index (χ4n) is 3.73. The Bertz CT molecular complexity index is 1000. The largest absolute Gasteiger partial charge is 0.356 e. The van der Waals surface area contributed by atoms with Crippen LogP contribution in [0, 0.1) is 5.92 Å². The highest BCUT2D eigenvalue weighted by atomic mass is 32.2. The summed E-state index contributed by atoms with van der Waals surface area (Å²) in [5.41, 5.74) is 7.60. The lowest BCUT2D eigenvalue weighted by molar-refractivity contribution is 0.430. The third kappa shape index (κ3) is 3.29. The number of hydrogen-bond donors (Lipinski definition) is 1. The second kappa shape index (κ2) is 7.26. The molecule has 2 heterocycles. The Labute approximate surface area is 158 Å². The molecule has 0 radical (unpaired) electrons. The minimum absolute atomic E-state index is 0.0830. The first-order chi connectivity index (χ1) is 13.1. The van der Waals surface area contributed by atoms with E-state index >= 15 is 0 Å². The second-order valence-corrected chi connectivity index (χ2v) is 8.61. The number of aromatic nitrogens is 1. The highest BCUT2D eigenvalue weighted by Gasteiger charge is 2.40. The van der Waals surface area contributed by atoms with E-state index in [9.17, 15) is 8.42 Å². The maximum Gasteiger partial charge on any atom is 0.243 e. The van der Waals surface area contributed by atoms with Gasteiger partial charge in [0, 0.05) is 30.6 Å². The minimum atomic E-state index is -3.69. The molecule has 0 amide bonds. The topological polar surface area (TPSA) is 89.4 Å². The van der Waals surface area contributed by atoms with E-state index in [1.807, 2.05) is 30.3 Å². The van der Waals surface area contributed by atoms with Gasteiger partial charge in [0.2, 0.25) is 10.0 Å². The van der Waals surface area contributed by atoms with Crippen LogP contribution in [0.15, 0.2) is 76.3 Å². The number of nitrogens with two attached hydrogens (primary N) is 1. The highest BCUT2D eigenvalue weighted by molar-refractivity contribution is 7.89. The number of rotatable bonds is 5. The van der Waals surface area contributed by atoms with Crippen molar-refractivity contribution < 1.29 is 12.9 Å². The number of sulfonamides is 1. The van der Waals surface area contributed by atoms with Crippen LogP contribution in [0.2, 0.25) is 0 Å². The standard InChI is InChI=1S/C20H21N3O3S/c21-12-16-13-23(14-18(16)15-6-2-1-3-7-15)27(24,25)20-9-5-4-8-17(20)19-10-11-22-26-19/h1-11,16,18H,12-14,21H2/t16-,18+/m1/s1. The Balaban J connectivity index is 1.70. The summed E-state index contributed by atoms with van der Waals surface area (Å²) in [4.78, 5) is 0.228. The molecule has 1 aliphatic heterocycles. The van der Waals surface area contributed by atoms with E-state index in [1.54, 1.807) is 30.3 Å². The maximum absolute atomic E-state index is 13.4. The average Bonchev–Trinajstić information content (AvgIpc) is 3.39. The molecular weight excluding hydrogens is 362 g/mol. The van der Waals surface area contributed by atoms with E-state index in [4.69, 9.17) is 10.3 Å². The van der Waals surface area contributed by atoms with Crippen LogP contribution in [0.3, 0.4) is 0 Å². The number of hydrogen-bond acceptors (Lipinski definition) is 5. The molecule has 2 N–H and O–H groups in total. The smallest absolute Gasteiger partial charge is 0.243 e. The van der Waals surface area contributed by atoms with E-state index in [-0.39, 0.29) is 16.7 Å². The van der Waals surface area contributed by atoms with Crippen molar-refractivity contribution in [2.75, 3.05) is 19.6 Å². The molecule has 140 valence electrons. The summed E-state index contributed by atoms with van der Waals surface area (Å²) in [6.45, 7) is 1.26. The van der Waals surface area contributed by atoms with Gasteiger partial charge in [-0.2, -0.15) is 4.31 Å². The van der Waals surface area contributed by atoms with E-state index in [0.29, 0.717) is 31.0 Å². The van der Waals surface area contributed by atoms with Crippen molar-refractivity contribution in [1.29, 1.82) is 0 Å². The summed E-state index contributed by atoms with van der Waals surface area (Å²) in [5.74, 6) is 0.603. The SMILES string of the molecule is NC[C@@H]1CN(S(=O)(=O)c2ccccc2-c2ccno2)C[C@H]1c1ccccc1. The molecule has 4 rings (SSSR count). The summed E-state index contributed by atoms with van der Waals surface area (Å²) in [7, 11) is -3.69. The van der Waals surface area contributed by atoms with Gasteiger partial charge in [-0.3, -0.25) is 0 Å². The lowest BCUT2D eigenvalue weighted by Gasteiger charge is -2.18. The molecule has 2 atom stereocenters. The predicted molar refractivity (Wildman–Crippen MR) is 102 cm³/mol. The first-order valence-corrected chi connectivity index (χ1v) is 10.3. The minimum Gasteiger partial charge on any atom is -0.356 e. The lowest BCUT2D eigenvalue weighted by Crippen LogP contribution is -2.30. The zero-order valence-electron chi connectivity index (χ0n) is 14.7. The molecule has 0 spiro atoms. The van der Waals surface area contributed by atoms with E-state index in [0.717, 1.165) is 5.56 Å². The molecular formula is C20H21N3O3S. The first-order valence-electron chi connectivity index (χ1n) is 8.86. The summed E-state index contributed by atoms with van der Waals surface area (Å²) in [6, 6.07) is 18.5. The van der Waals surface area contributed by atoms with Crippen LogP contribution in [0.25, 0.3) is 11.3 Å². The van der Waals surface area contributed by atoms with Crippen LogP contribution in [-0.4, -0.2) is 37.5 Å². The van der Waals surface area contributed by atoms with Gasteiger partial charge in [-0.15, -0.1) is 0 Å². The summed E-state index contributed by atoms with van der Waals surface area (Å²) >= 11 is 0. The lowest BCUT2D eigenvalue weighted by atomic mass is 9.89. The molecule has 0 unspecified atom stereocenters. The van der Waals surface area contributed by atoms with Crippen molar-refractivity contribution in [2.45, 2.75) is 10.8 Å². The molecule has 1 aromatic heterocycles. The average molecular weight is 383 g/mol. The fourth-order valence-corrected chi connectivity index (χ4v) is 5.45. The van der Waals surface area contributed by atoms with Crippen molar-refractivity contribution in [3.8, 4) is 11.3 Å². The molecule has 1 fully saturated rings. The van der Waals surface area contributed by atoms with Gasteiger partial charge in [-0.25, -0.2) is 8.42 Å². The van der Waals surface area contributed by atoms with Gasteiger partial charge in [0.15, 0.2) is 5.76 Å². The van der Waals surface area contributed by atoms with Crippen LogP contribution in [-0.2, 0) is 10.0 Å². The summed E-state index contributed by atoms with van der Waals surface area (Å²) in [6.07, 6.45) is 1.50. The molecule has 0 bridgehead atoms. The molecule has 2 aromatic carbocycles. The molecule has 3 aromatic rings. The van der Waals surface area contributed by atoms with Crippen LogP contribution >= 0.6 is 0 Å². The van der Waals surface area contributed by atoms with Gasteiger partial charge in [0.25, 0.3) is 0 Å². The van der Waals surface area contributed by atoms with Crippen molar-refractivity contribution in [1.82, 2.24) is 9.46 Å². The quantitative estimate of drug-likeness (QED) is 0.732. The van der Waals surface area contributed by atoms with Gasteiger partial charge in [-0.05, 0) is 30.2 Å². The molecule has 7 heteroatoms. The van der Waals surface area contributed by atoms with E-state index in [2.05, 4.69) is 5.16 Å². The Morgan fingerprint density at radius 1 is 1.04 bits per heavy atom. The Morgan fingerprint density at radius 3 is 2.48 bits per heavy atom. The van der Waals surface area contributed by atoms with Crippen molar-refractivity contribution in [3.63, 3.8) is 0 Å². The van der Waals surface area contributed by atoms with Gasteiger partial charge in [0.1, 0.15) is 0 Å². The van der Waals surface area contributed by atoms with Crippen molar-refractivity contribution in [3.05, 3.63) is 72.4 Å². The number of nitrogens with zero attached hydrogens (tertiary/aromatic N) is 2. The molecule has 1 aliphatic rings. The van der Waals surface area contributed by atoms with Crippen molar-refractivity contribution >= 4 is 10.0 Å². The fraction of sp³-hybridized carbons (Fsp3) is 0.250. The van der Waals surface area contributed by atoms with Crippen LogP contribution in [0.4, 0.5) is 0 Å². The van der Waals surface area contributed by atoms with Gasteiger partial charge >= 0.3 is 0 Å². The Morgan fingerprint density at radius 2 is 1.78 bits per heavy atom. The maximum atomic E-state index is 13.4. The summed E-state index contributed by atoms with van der Waals surface area (Å²) in [5, 5.41) is 3.70. The van der Waals surface area contributed by atoms with E-state index in [1.165, 1.54) is 10.5 Å². The van der Waals surface area contributed by atoms with Crippen LogP contribution < -0.4 is 5.73 Å². The Hall–Kier alpha value is -2.48. The third-order valence-corrected chi connectivity index (χ3v) is 7.04.